The zero-order chi connectivity index (χ0) is 18.6. The predicted molar refractivity (Wildman–Crippen MR) is 112 cm³/mol. The van der Waals surface area contributed by atoms with Crippen molar-refractivity contribution in [1.29, 1.82) is 0 Å². The molecule has 1 atom stereocenters. The lowest BCUT2D eigenvalue weighted by Crippen LogP contribution is -2.22. The Labute approximate surface area is 171 Å². The number of aromatic amines is 1. The molecule has 1 fully saturated rings. The van der Waals surface area contributed by atoms with Gasteiger partial charge >= 0.3 is 0 Å². The highest BCUT2D eigenvalue weighted by Crippen LogP contribution is 2.23. The zero-order valence-corrected chi connectivity index (χ0v) is 16.9. The largest absolute Gasteiger partial charge is 0.497 e. The van der Waals surface area contributed by atoms with Gasteiger partial charge in [-0.2, -0.15) is 5.10 Å². The lowest BCUT2D eigenvalue weighted by Gasteiger charge is -2.15. The third-order valence-electron chi connectivity index (χ3n) is 5.00. The first-order valence-corrected chi connectivity index (χ1v) is 9.16. The predicted octanol–water partition coefficient (Wildman–Crippen LogP) is 3.79. The Morgan fingerprint density at radius 2 is 1.93 bits per heavy atom. The molecule has 7 heteroatoms. The van der Waals surface area contributed by atoms with E-state index in [4.69, 9.17) is 9.47 Å². The van der Waals surface area contributed by atoms with Crippen LogP contribution in [-0.2, 0) is 11.3 Å². The summed E-state index contributed by atoms with van der Waals surface area (Å²) >= 11 is 0. The number of rotatable bonds is 6. The molecule has 1 N–H and O–H groups in total. The van der Waals surface area contributed by atoms with Crippen molar-refractivity contribution in [3.05, 3.63) is 54.1 Å². The van der Waals surface area contributed by atoms with E-state index in [2.05, 4.69) is 38.3 Å². The summed E-state index contributed by atoms with van der Waals surface area (Å²) in [5.41, 5.74) is 3.26. The molecule has 0 saturated carbocycles. The van der Waals surface area contributed by atoms with E-state index in [1.54, 1.807) is 14.2 Å². The van der Waals surface area contributed by atoms with Gasteiger partial charge in [-0.05, 0) is 42.3 Å². The molecule has 0 radical (unpaired) electrons. The van der Waals surface area contributed by atoms with E-state index in [-0.39, 0.29) is 12.4 Å². The van der Waals surface area contributed by atoms with Crippen molar-refractivity contribution >= 4 is 12.4 Å². The quantitative estimate of drug-likeness (QED) is 0.682. The number of H-pyrrole nitrogens is 1. The Bertz CT molecular complexity index is 897. The average molecular weight is 401 g/mol. The van der Waals surface area contributed by atoms with Gasteiger partial charge in [0, 0.05) is 37.9 Å². The summed E-state index contributed by atoms with van der Waals surface area (Å²) in [5.74, 6) is 2.28. The molecule has 1 aromatic heterocycles. The second-order valence-corrected chi connectivity index (χ2v) is 6.82. The number of nitrogens with one attached hydrogen (secondary N) is 1. The van der Waals surface area contributed by atoms with E-state index in [1.807, 2.05) is 30.3 Å². The molecule has 0 bridgehead atoms. The first-order chi connectivity index (χ1) is 13.2. The van der Waals surface area contributed by atoms with E-state index >= 15 is 0 Å². The Kier molecular flexibility index (Phi) is 6.67. The standard InChI is InChI=1S/C21H24N4O2.ClH/c1-26-18-8-6-16(7-9-18)20-22-21(24-23-20)17-5-3-4-15(12-17)13-25-11-10-19(14-25)27-2;/h3-9,12,19H,10-11,13-14H2,1-2H3,(H,22,23,24);1H. The fourth-order valence-electron chi connectivity index (χ4n) is 3.47. The van der Waals surface area contributed by atoms with Gasteiger partial charge < -0.3 is 9.47 Å². The normalized spacial score (nSPS) is 16.7. The zero-order valence-electron chi connectivity index (χ0n) is 16.1. The van der Waals surface area contributed by atoms with Crippen molar-refractivity contribution in [3.8, 4) is 28.5 Å². The maximum atomic E-state index is 5.46. The molecule has 0 spiro atoms. The van der Waals surface area contributed by atoms with Gasteiger partial charge in [-0.3, -0.25) is 10.00 Å². The minimum atomic E-state index is 0. The number of hydrogen-bond donors (Lipinski definition) is 1. The van der Waals surface area contributed by atoms with Crippen molar-refractivity contribution in [3.63, 3.8) is 0 Å². The maximum Gasteiger partial charge on any atom is 0.181 e. The van der Waals surface area contributed by atoms with Gasteiger partial charge in [0.25, 0.3) is 0 Å². The number of aromatic nitrogens is 3. The molecular formula is C21H25ClN4O2. The monoisotopic (exact) mass is 400 g/mol. The van der Waals surface area contributed by atoms with E-state index in [0.29, 0.717) is 11.9 Å². The van der Waals surface area contributed by atoms with Crippen LogP contribution in [0.5, 0.6) is 5.75 Å². The van der Waals surface area contributed by atoms with Crippen LogP contribution < -0.4 is 4.74 Å². The number of nitrogens with zero attached hydrogens (tertiary/aromatic N) is 3. The van der Waals surface area contributed by atoms with Crippen LogP contribution in [0.2, 0.25) is 0 Å². The van der Waals surface area contributed by atoms with Gasteiger partial charge in [-0.15, -0.1) is 12.4 Å². The third kappa shape index (κ3) is 4.52. The second-order valence-electron chi connectivity index (χ2n) is 6.82. The fourth-order valence-corrected chi connectivity index (χ4v) is 3.47. The van der Waals surface area contributed by atoms with Crippen molar-refractivity contribution in [2.45, 2.75) is 19.1 Å². The Morgan fingerprint density at radius 3 is 2.64 bits per heavy atom. The molecular weight excluding hydrogens is 376 g/mol. The molecule has 4 rings (SSSR count). The van der Waals surface area contributed by atoms with Crippen LogP contribution in [0, 0.1) is 0 Å². The number of methoxy groups -OCH3 is 2. The summed E-state index contributed by atoms with van der Waals surface area (Å²) in [6, 6.07) is 16.2. The minimum absolute atomic E-state index is 0. The highest BCUT2D eigenvalue weighted by atomic mass is 35.5. The van der Waals surface area contributed by atoms with Gasteiger partial charge in [0.2, 0.25) is 0 Å². The van der Waals surface area contributed by atoms with Crippen LogP contribution in [0.3, 0.4) is 0 Å². The Balaban J connectivity index is 0.00000225. The van der Waals surface area contributed by atoms with Gasteiger partial charge in [0.15, 0.2) is 11.6 Å². The average Bonchev–Trinajstić information content (AvgIpc) is 3.38. The molecule has 1 aliphatic heterocycles. The van der Waals surface area contributed by atoms with Crippen LogP contribution in [0.25, 0.3) is 22.8 Å². The smallest absolute Gasteiger partial charge is 0.181 e. The molecule has 3 aromatic rings. The maximum absolute atomic E-state index is 5.46. The lowest BCUT2D eigenvalue weighted by atomic mass is 10.1. The third-order valence-corrected chi connectivity index (χ3v) is 5.00. The van der Waals surface area contributed by atoms with Gasteiger partial charge in [-0.25, -0.2) is 4.98 Å². The van der Waals surface area contributed by atoms with E-state index in [1.165, 1.54) is 5.56 Å². The van der Waals surface area contributed by atoms with Gasteiger partial charge in [-0.1, -0.05) is 18.2 Å². The molecule has 28 heavy (non-hydrogen) atoms. The fraction of sp³-hybridized carbons (Fsp3) is 0.333. The topological polar surface area (TPSA) is 63.3 Å². The summed E-state index contributed by atoms with van der Waals surface area (Å²) in [4.78, 5) is 7.09. The van der Waals surface area contributed by atoms with Crippen molar-refractivity contribution < 1.29 is 9.47 Å². The summed E-state index contributed by atoms with van der Waals surface area (Å²) in [7, 11) is 3.45. The van der Waals surface area contributed by atoms with Gasteiger partial charge in [0.05, 0.1) is 13.2 Å². The molecule has 2 heterocycles. The minimum Gasteiger partial charge on any atom is -0.497 e. The van der Waals surface area contributed by atoms with Crippen LogP contribution in [0.15, 0.2) is 48.5 Å². The molecule has 148 valence electrons. The second kappa shape index (κ2) is 9.19. The Morgan fingerprint density at radius 1 is 1.11 bits per heavy atom. The summed E-state index contributed by atoms with van der Waals surface area (Å²) in [5, 5.41) is 7.44. The molecule has 2 aromatic carbocycles. The van der Waals surface area contributed by atoms with Crippen LogP contribution in [0.1, 0.15) is 12.0 Å². The highest BCUT2D eigenvalue weighted by Gasteiger charge is 2.22. The molecule has 0 amide bonds. The number of benzene rings is 2. The molecule has 0 aliphatic carbocycles. The van der Waals surface area contributed by atoms with E-state index in [0.717, 1.165) is 48.8 Å². The highest BCUT2D eigenvalue weighted by molar-refractivity contribution is 5.85. The van der Waals surface area contributed by atoms with Crippen molar-refractivity contribution in [1.82, 2.24) is 20.1 Å². The Hall–Kier alpha value is -2.41. The van der Waals surface area contributed by atoms with E-state index < -0.39 is 0 Å². The summed E-state index contributed by atoms with van der Waals surface area (Å²) in [6.45, 7) is 2.98. The summed E-state index contributed by atoms with van der Waals surface area (Å²) in [6.07, 6.45) is 1.45. The van der Waals surface area contributed by atoms with Crippen molar-refractivity contribution in [2.75, 3.05) is 27.3 Å². The van der Waals surface area contributed by atoms with Crippen molar-refractivity contribution in [2.24, 2.45) is 0 Å². The van der Waals surface area contributed by atoms with Crippen LogP contribution in [0.4, 0.5) is 0 Å². The number of likely N-dealkylation sites (tertiary alicyclic amines) is 1. The van der Waals surface area contributed by atoms with Crippen LogP contribution >= 0.6 is 12.4 Å². The molecule has 1 aliphatic rings. The number of hydrogen-bond acceptors (Lipinski definition) is 5. The first kappa shape index (κ1) is 20.3. The summed E-state index contributed by atoms with van der Waals surface area (Å²) < 4.78 is 10.7. The lowest BCUT2D eigenvalue weighted by molar-refractivity contribution is 0.107. The molecule has 1 unspecified atom stereocenters. The SMILES string of the molecule is COc1ccc(-c2nc(-c3cccc(CN4CCC(OC)C4)c3)n[nH]2)cc1.Cl. The molecule has 6 nitrogen and oxygen atoms in total. The van der Waals surface area contributed by atoms with Crippen LogP contribution in [-0.4, -0.2) is 53.5 Å². The number of ether oxygens (including phenoxy) is 2. The molecule has 1 saturated heterocycles. The first-order valence-electron chi connectivity index (χ1n) is 9.16. The van der Waals surface area contributed by atoms with E-state index in [9.17, 15) is 0 Å². The number of halogens is 1. The van der Waals surface area contributed by atoms with Gasteiger partial charge in [0.1, 0.15) is 5.75 Å².